The predicted molar refractivity (Wildman–Crippen MR) is 80.4 cm³/mol. The van der Waals surface area contributed by atoms with Crippen LogP contribution in [0.1, 0.15) is 65.2 Å². The van der Waals surface area contributed by atoms with Crippen molar-refractivity contribution in [3.8, 4) is 0 Å². The molecule has 1 heterocycles. The molecular weight excluding hydrogens is 236 g/mol. The summed E-state index contributed by atoms with van der Waals surface area (Å²) in [4.78, 5) is 4.57. The first-order chi connectivity index (χ1) is 9.08. The van der Waals surface area contributed by atoms with Crippen molar-refractivity contribution >= 4 is 0 Å². The van der Waals surface area contributed by atoms with Gasteiger partial charge >= 0.3 is 0 Å². The van der Waals surface area contributed by atoms with Crippen LogP contribution in [-0.2, 0) is 12.8 Å². The normalized spacial score (nSPS) is 13.2. The van der Waals surface area contributed by atoms with Gasteiger partial charge in [0.2, 0.25) is 0 Å². The van der Waals surface area contributed by atoms with E-state index in [9.17, 15) is 0 Å². The van der Waals surface area contributed by atoms with Gasteiger partial charge in [0.25, 0.3) is 0 Å². The molecule has 0 saturated heterocycles. The van der Waals surface area contributed by atoms with Crippen LogP contribution < -0.4 is 5.32 Å². The van der Waals surface area contributed by atoms with E-state index in [1.165, 1.54) is 6.42 Å². The number of nitrogens with zero attached hydrogens (tertiary/aromatic N) is 3. The van der Waals surface area contributed by atoms with Gasteiger partial charge in [0.1, 0.15) is 5.82 Å². The number of hydrogen-bond acceptors (Lipinski definition) is 3. The van der Waals surface area contributed by atoms with Gasteiger partial charge in [0.05, 0.1) is 6.04 Å². The molecule has 4 heteroatoms. The minimum Gasteiger partial charge on any atom is -0.316 e. The number of nitrogens with one attached hydrogen (secondary N) is 1. The van der Waals surface area contributed by atoms with Gasteiger partial charge in [-0.15, -0.1) is 0 Å². The number of hydrogen-bond donors (Lipinski definition) is 1. The third-order valence-electron chi connectivity index (χ3n) is 3.32. The third-order valence-corrected chi connectivity index (χ3v) is 3.32. The molecule has 1 atom stereocenters. The highest BCUT2D eigenvalue weighted by Gasteiger charge is 2.12. The van der Waals surface area contributed by atoms with Crippen molar-refractivity contribution in [2.24, 2.45) is 5.92 Å². The SMILES string of the molecule is CCc1nc(CC)n(C(C)CCCNCC(C)C)n1. The van der Waals surface area contributed by atoms with Crippen LogP contribution in [0.4, 0.5) is 0 Å². The summed E-state index contributed by atoms with van der Waals surface area (Å²) >= 11 is 0. The Labute approximate surface area is 118 Å². The number of rotatable bonds is 9. The lowest BCUT2D eigenvalue weighted by atomic mass is 10.1. The maximum atomic E-state index is 4.61. The Balaban J connectivity index is 2.40. The molecule has 4 nitrogen and oxygen atoms in total. The fourth-order valence-corrected chi connectivity index (χ4v) is 2.18. The van der Waals surface area contributed by atoms with Crippen LogP contribution >= 0.6 is 0 Å². The zero-order chi connectivity index (χ0) is 14.3. The molecule has 1 N–H and O–H groups in total. The molecule has 0 radical (unpaired) electrons. The Hall–Kier alpha value is -0.900. The summed E-state index contributed by atoms with van der Waals surface area (Å²) in [5, 5.41) is 8.10. The van der Waals surface area contributed by atoms with Gasteiger partial charge in [-0.1, -0.05) is 27.7 Å². The molecule has 0 bridgehead atoms. The summed E-state index contributed by atoms with van der Waals surface area (Å²) in [6, 6.07) is 0.448. The van der Waals surface area contributed by atoms with Gasteiger partial charge in [0.15, 0.2) is 5.82 Å². The van der Waals surface area contributed by atoms with Gasteiger partial charge < -0.3 is 5.32 Å². The summed E-state index contributed by atoms with van der Waals surface area (Å²) in [5.74, 6) is 2.83. The first kappa shape index (κ1) is 16.2. The molecule has 19 heavy (non-hydrogen) atoms. The summed E-state index contributed by atoms with van der Waals surface area (Å²) < 4.78 is 2.13. The van der Waals surface area contributed by atoms with E-state index in [0.29, 0.717) is 6.04 Å². The first-order valence-electron chi connectivity index (χ1n) is 7.73. The molecule has 110 valence electrons. The van der Waals surface area contributed by atoms with E-state index in [4.69, 9.17) is 0 Å². The Morgan fingerprint density at radius 1 is 1.16 bits per heavy atom. The van der Waals surface area contributed by atoms with Crippen LogP contribution in [0.2, 0.25) is 0 Å². The van der Waals surface area contributed by atoms with Crippen LogP contribution in [0.3, 0.4) is 0 Å². The van der Waals surface area contributed by atoms with Crippen molar-refractivity contribution in [2.45, 2.75) is 66.3 Å². The monoisotopic (exact) mass is 266 g/mol. The van der Waals surface area contributed by atoms with Crippen molar-refractivity contribution in [2.75, 3.05) is 13.1 Å². The molecule has 0 aliphatic heterocycles. The first-order valence-corrected chi connectivity index (χ1v) is 7.73. The number of aromatic nitrogens is 3. The molecule has 0 aliphatic carbocycles. The van der Waals surface area contributed by atoms with E-state index < -0.39 is 0 Å². The molecule has 0 spiro atoms. The quantitative estimate of drug-likeness (QED) is 0.699. The zero-order valence-corrected chi connectivity index (χ0v) is 13.2. The summed E-state index contributed by atoms with van der Waals surface area (Å²) in [5.41, 5.74) is 0. The highest BCUT2D eigenvalue weighted by atomic mass is 15.4. The molecule has 0 amide bonds. The predicted octanol–water partition coefficient (Wildman–Crippen LogP) is 2.99. The Morgan fingerprint density at radius 2 is 1.89 bits per heavy atom. The Kier molecular flexibility index (Phi) is 7.06. The topological polar surface area (TPSA) is 42.7 Å². The largest absolute Gasteiger partial charge is 0.316 e. The molecule has 1 rings (SSSR count). The van der Waals surface area contributed by atoms with E-state index in [2.05, 4.69) is 54.7 Å². The second kappa shape index (κ2) is 8.31. The average molecular weight is 266 g/mol. The lowest BCUT2D eigenvalue weighted by Gasteiger charge is -2.14. The Morgan fingerprint density at radius 3 is 2.47 bits per heavy atom. The highest BCUT2D eigenvalue weighted by molar-refractivity contribution is 4.94. The molecular formula is C15H30N4. The number of aryl methyl sites for hydroxylation is 2. The molecule has 1 aromatic rings. The fourth-order valence-electron chi connectivity index (χ4n) is 2.18. The van der Waals surface area contributed by atoms with Crippen LogP contribution in [0, 0.1) is 5.92 Å². The van der Waals surface area contributed by atoms with Crippen molar-refractivity contribution in [3.63, 3.8) is 0 Å². The molecule has 1 aromatic heterocycles. The van der Waals surface area contributed by atoms with Gasteiger partial charge in [0, 0.05) is 12.8 Å². The van der Waals surface area contributed by atoms with Gasteiger partial charge in [-0.05, 0) is 38.8 Å². The molecule has 0 aromatic carbocycles. The molecule has 0 saturated carbocycles. The van der Waals surface area contributed by atoms with Gasteiger partial charge in [-0.25, -0.2) is 9.67 Å². The second-order valence-electron chi connectivity index (χ2n) is 5.69. The van der Waals surface area contributed by atoms with E-state index in [1.54, 1.807) is 0 Å². The van der Waals surface area contributed by atoms with Crippen molar-refractivity contribution in [3.05, 3.63) is 11.6 Å². The minimum atomic E-state index is 0.448. The van der Waals surface area contributed by atoms with Crippen molar-refractivity contribution in [1.29, 1.82) is 0 Å². The summed E-state index contributed by atoms with van der Waals surface area (Å²) in [6.07, 6.45) is 4.23. The average Bonchev–Trinajstić information content (AvgIpc) is 2.81. The van der Waals surface area contributed by atoms with E-state index in [0.717, 1.165) is 49.9 Å². The van der Waals surface area contributed by atoms with Gasteiger partial charge in [-0.2, -0.15) is 5.10 Å². The Bertz CT molecular complexity index is 357. The van der Waals surface area contributed by atoms with E-state index in [-0.39, 0.29) is 0 Å². The summed E-state index contributed by atoms with van der Waals surface area (Å²) in [7, 11) is 0. The fraction of sp³-hybridized carbons (Fsp3) is 0.867. The van der Waals surface area contributed by atoms with E-state index >= 15 is 0 Å². The lowest BCUT2D eigenvalue weighted by molar-refractivity contribution is 0.419. The van der Waals surface area contributed by atoms with E-state index in [1.807, 2.05) is 0 Å². The standard InChI is InChI=1S/C15H30N4/c1-6-14-17-15(7-2)19(18-14)13(5)9-8-10-16-11-12(3)4/h12-13,16H,6-11H2,1-5H3. The maximum absolute atomic E-state index is 4.61. The lowest BCUT2D eigenvalue weighted by Crippen LogP contribution is -2.21. The smallest absolute Gasteiger partial charge is 0.150 e. The molecule has 1 unspecified atom stereocenters. The van der Waals surface area contributed by atoms with Crippen molar-refractivity contribution in [1.82, 2.24) is 20.1 Å². The molecule has 0 fully saturated rings. The van der Waals surface area contributed by atoms with Crippen LogP contribution in [-0.4, -0.2) is 27.9 Å². The maximum Gasteiger partial charge on any atom is 0.150 e. The summed E-state index contributed by atoms with van der Waals surface area (Å²) in [6.45, 7) is 13.2. The van der Waals surface area contributed by atoms with Crippen LogP contribution in [0.5, 0.6) is 0 Å². The second-order valence-corrected chi connectivity index (χ2v) is 5.69. The minimum absolute atomic E-state index is 0.448. The van der Waals surface area contributed by atoms with Crippen molar-refractivity contribution < 1.29 is 0 Å². The van der Waals surface area contributed by atoms with Crippen LogP contribution in [0.15, 0.2) is 0 Å². The van der Waals surface area contributed by atoms with Crippen LogP contribution in [0.25, 0.3) is 0 Å². The highest BCUT2D eigenvalue weighted by Crippen LogP contribution is 2.15. The third kappa shape index (κ3) is 5.31. The van der Waals surface area contributed by atoms with Gasteiger partial charge in [-0.3, -0.25) is 0 Å². The zero-order valence-electron chi connectivity index (χ0n) is 13.2. The molecule has 0 aliphatic rings.